The van der Waals surface area contributed by atoms with Crippen LogP contribution in [0.25, 0.3) is 10.2 Å². The van der Waals surface area contributed by atoms with Gasteiger partial charge in [-0.05, 0) is 55.2 Å². The van der Waals surface area contributed by atoms with Gasteiger partial charge in [-0.15, -0.1) is 0 Å². The predicted octanol–water partition coefficient (Wildman–Crippen LogP) is 6.86. The number of carbonyl (C=O) groups excluding carboxylic acids is 1. The molecule has 1 saturated carbocycles. The van der Waals surface area contributed by atoms with E-state index in [2.05, 4.69) is 4.98 Å². The number of thioether (sulfide) groups is 1. The number of alkyl halides is 2. The van der Waals surface area contributed by atoms with Crippen molar-refractivity contribution in [3.8, 4) is 0 Å². The molecule has 3 aromatic rings. The van der Waals surface area contributed by atoms with E-state index < -0.39 is 5.76 Å². The van der Waals surface area contributed by atoms with Crippen molar-refractivity contribution >= 4 is 50.0 Å². The van der Waals surface area contributed by atoms with Gasteiger partial charge in [0.05, 0.1) is 15.9 Å². The SMILES string of the molecule is O=C(CC1CCCC1)N(c1ccc(SC(F)F)cc1)c1nc2ccccc2s1. The summed E-state index contributed by atoms with van der Waals surface area (Å²) in [6.45, 7) is 0. The third-order valence-corrected chi connectivity index (χ3v) is 6.73. The molecule has 1 aromatic heterocycles. The van der Waals surface area contributed by atoms with Crippen LogP contribution in [0, 0.1) is 5.92 Å². The van der Waals surface area contributed by atoms with Crippen molar-refractivity contribution in [2.45, 2.75) is 42.8 Å². The van der Waals surface area contributed by atoms with E-state index in [0.717, 1.165) is 23.1 Å². The fourth-order valence-electron chi connectivity index (χ4n) is 3.65. The van der Waals surface area contributed by atoms with E-state index in [1.54, 1.807) is 29.2 Å². The number of hydrogen-bond acceptors (Lipinski definition) is 4. The van der Waals surface area contributed by atoms with Gasteiger partial charge in [-0.25, -0.2) is 4.98 Å². The molecule has 146 valence electrons. The standard InChI is InChI=1S/C21H20F2N2OS2/c22-20(23)27-16-11-9-15(10-12-16)25(19(26)13-14-5-1-2-6-14)21-24-17-7-3-4-8-18(17)28-21/h3-4,7-12,14,20H,1-2,5-6,13H2. The minimum absolute atomic E-state index is 0.0141. The Bertz CT molecular complexity index is 919. The number of carbonyl (C=O) groups is 1. The molecule has 1 fully saturated rings. The first-order valence-corrected chi connectivity index (χ1v) is 11.0. The largest absolute Gasteiger partial charge is 0.288 e. The molecular weight excluding hydrogens is 398 g/mol. The van der Waals surface area contributed by atoms with E-state index in [0.29, 0.717) is 39.8 Å². The van der Waals surface area contributed by atoms with Crippen molar-refractivity contribution in [2.24, 2.45) is 5.92 Å². The molecule has 0 aliphatic heterocycles. The highest BCUT2D eigenvalue weighted by molar-refractivity contribution is 7.99. The highest BCUT2D eigenvalue weighted by Crippen LogP contribution is 2.37. The van der Waals surface area contributed by atoms with Gasteiger partial charge < -0.3 is 0 Å². The summed E-state index contributed by atoms with van der Waals surface area (Å²) in [5, 5.41) is 0.624. The first-order valence-electron chi connectivity index (χ1n) is 9.33. The van der Waals surface area contributed by atoms with Crippen molar-refractivity contribution in [1.29, 1.82) is 0 Å². The van der Waals surface area contributed by atoms with Crippen LogP contribution < -0.4 is 4.90 Å². The molecule has 0 N–H and O–H groups in total. The molecule has 0 radical (unpaired) electrons. The summed E-state index contributed by atoms with van der Waals surface area (Å²) in [7, 11) is 0. The van der Waals surface area contributed by atoms with Crippen LogP contribution in [0.15, 0.2) is 53.4 Å². The van der Waals surface area contributed by atoms with Crippen LogP contribution in [0.4, 0.5) is 19.6 Å². The Morgan fingerprint density at radius 1 is 1.14 bits per heavy atom. The molecule has 1 aliphatic rings. The van der Waals surface area contributed by atoms with E-state index in [1.807, 2.05) is 24.3 Å². The lowest BCUT2D eigenvalue weighted by Gasteiger charge is -2.22. The van der Waals surface area contributed by atoms with Crippen molar-refractivity contribution in [3.05, 3.63) is 48.5 Å². The molecule has 4 rings (SSSR count). The minimum Gasteiger partial charge on any atom is -0.274 e. The number of benzene rings is 2. The van der Waals surface area contributed by atoms with Gasteiger partial charge in [0, 0.05) is 11.3 Å². The van der Waals surface area contributed by atoms with Gasteiger partial charge in [-0.1, -0.05) is 48.1 Å². The van der Waals surface area contributed by atoms with Crippen LogP contribution in [-0.2, 0) is 4.79 Å². The van der Waals surface area contributed by atoms with Crippen LogP contribution in [0.5, 0.6) is 0 Å². The Hall–Kier alpha value is -1.99. The molecule has 1 amide bonds. The number of anilines is 2. The lowest BCUT2D eigenvalue weighted by atomic mass is 10.0. The number of aromatic nitrogens is 1. The summed E-state index contributed by atoms with van der Waals surface area (Å²) in [4.78, 5) is 20.0. The molecule has 3 nitrogen and oxygen atoms in total. The molecule has 0 saturated heterocycles. The Kier molecular flexibility index (Phi) is 5.92. The van der Waals surface area contributed by atoms with Gasteiger partial charge in [-0.3, -0.25) is 9.69 Å². The summed E-state index contributed by atoms with van der Waals surface area (Å²) in [6.07, 6.45) is 5.02. The van der Waals surface area contributed by atoms with Gasteiger partial charge in [0.2, 0.25) is 5.91 Å². The Morgan fingerprint density at radius 2 is 1.86 bits per heavy atom. The number of thiazole rings is 1. The van der Waals surface area contributed by atoms with Crippen LogP contribution in [0.2, 0.25) is 0 Å². The van der Waals surface area contributed by atoms with E-state index in [1.165, 1.54) is 24.2 Å². The second kappa shape index (κ2) is 8.57. The highest BCUT2D eigenvalue weighted by atomic mass is 32.2. The Morgan fingerprint density at radius 3 is 2.54 bits per heavy atom. The van der Waals surface area contributed by atoms with Gasteiger partial charge in [0.15, 0.2) is 5.13 Å². The summed E-state index contributed by atoms with van der Waals surface area (Å²) >= 11 is 1.97. The summed E-state index contributed by atoms with van der Waals surface area (Å²) in [5.74, 6) is -2.03. The molecule has 28 heavy (non-hydrogen) atoms. The number of nitrogens with zero attached hydrogens (tertiary/aromatic N) is 2. The van der Waals surface area contributed by atoms with Crippen molar-refractivity contribution in [2.75, 3.05) is 4.90 Å². The number of fused-ring (bicyclic) bond motifs is 1. The van der Waals surface area contributed by atoms with Crippen LogP contribution >= 0.6 is 23.1 Å². The number of hydrogen-bond donors (Lipinski definition) is 0. The van der Waals surface area contributed by atoms with Crippen molar-refractivity contribution in [1.82, 2.24) is 4.98 Å². The Labute approximate surface area is 170 Å². The molecule has 7 heteroatoms. The second-order valence-electron chi connectivity index (χ2n) is 6.92. The normalized spacial score (nSPS) is 14.8. The lowest BCUT2D eigenvalue weighted by Crippen LogP contribution is -2.27. The first kappa shape index (κ1) is 19.3. The maximum atomic E-state index is 13.2. The zero-order valence-corrected chi connectivity index (χ0v) is 16.8. The third-order valence-electron chi connectivity index (χ3n) is 4.98. The Balaban J connectivity index is 1.66. The zero-order chi connectivity index (χ0) is 19.5. The third kappa shape index (κ3) is 4.36. The molecule has 0 spiro atoms. The van der Waals surface area contributed by atoms with Gasteiger partial charge >= 0.3 is 0 Å². The van der Waals surface area contributed by atoms with Crippen molar-refractivity contribution in [3.63, 3.8) is 0 Å². The van der Waals surface area contributed by atoms with E-state index in [4.69, 9.17) is 0 Å². The molecule has 0 bridgehead atoms. The molecule has 0 atom stereocenters. The predicted molar refractivity (Wildman–Crippen MR) is 112 cm³/mol. The van der Waals surface area contributed by atoms with Crippen molar-refractivity contribution < 1.29 is 13.6 Å². The molecule has 2 aromatic carbocycles. The maximum absolute atomic E-state index is 13.2. The highest BCUT2D eigenvalue weighted by Gasteiger charge is 2.26. The molecule has 1 aliphatic carbocycles. The number of amides is 1. The van der Waals surface area contributed by atoms with Crippen LogP contribution in [-0.4, -0.2) is 16.6 Å². The summed E-state index contributed by atoms with van der Waals surface area (Å²) in [5.41, 5.74) is 1.52. The minimum atomic E-state index is -2.46. The monoisotopic (exact) mass is 418 g/mol. The average Bonchev–Trinajstić information content (AvgIpc) is 3.32. The first-order chi connectivity index (χ1) is 13.6. The molecule has 0 unspecified atom stereocenters. The number of para-hydroxylation sites is 1. The fraction of sp³-hybridized carbons (Fsp3) is 0.333. The van der Waals surface area contributed by atoms with Gasteiger partial charge in [0.25, 0.3) is 5.76 Å². The zero-order valence-electron chi connectivity index (χ0n) is 15.2. The lowest BCUT2D eigenvalue weighted by molar-refractivity contribution is -0.118. The smallest absolute Gasteiger partial charge is 0.274 e. The van der Waals surface area contributed by atoms with E-state index >= 15 is 0 Å². The average molecular weight is 419 g/mol. The quantitative estimate of drug-likeness (QED) is 0.410. The maximum Gasteiger partial charge on any atom is 0.288 e. The van der Waals surface area contributed by atoms with Gasteiger partial charge in [-0.2, -0.15) is 8.78 Å². The number of halogens is 2. The van der Waals surface area contributed by atoms with Gasteiger partial charge in [0.1, 0.15) is 0 Å². The van der Waals surface area contributed by atoms with E-state index in [-0.39, 0.29) is 5.91 Å². The second-order valence-corrected chi connectivity index (χ2v) is 8.99. The number of rotatable bonds is 6. The fourth-order valence-corrected chi connectivity index (χ4v) is 5.15. The molecular formula is C21H20F2N2OS2. The van der Waals surface area contributed by atoms with Crippen LogP contribution in [0.3, 0.4) is 0 Å². The summed E-state index contributed by atoms with van der Waals surface area (Å²) in [6, 6.07) is 14.5. The van der Waals surface area contributed by atoms with Crippen LogP contribution in [0.1, 0.15) is 32.1 Å². The molecule has 1 heterocycles. The summed E-state index contributed by atoms with van der Waals surface area (Å²) < 4.78 is 26.2. The van der Waals surface area contributed by atoms with E-state index in [9.17, 15) is 13.6 Å². The topological polar surface area (TPSA) is 33.2 Å².